The van der Waals surface area contributed by atoms with E-state index >= 15 is 0 Å². The average molecular weight is 326 g/mol. The van der Waals surface area contributed by atoms with E-state index in [1.807, 2.05) is 0 Å². The lowest BCUT2D eigenvalue weighted by Crippen LogP contribution is -2.26. The molecule has 1 amide bonds. The standard InChI is InChI=1S/C14H15FN2O4S/c1-8-6-12(21-17-8)14(18)16-9(2)10-4-5-13(11(15)7-10)22(3,19)20/h4-7,9H,1-3H3,(H,16,18)/t9-/m0/s1. The van der Waals surface area contributed by atoms with Gasteiger partial charge in [0, 0.05) is 12.3 Å². The van der Waals surface area contributed by atoms with Crippen LogP contribution in [0.2, 0.25) is 0 Å². The Kier molecular flexibility index (Phi) is 4.32. The molecular formula is C14H15FN2O4S. The second kappa shape index (κ2) is 5.88. The maximum absolute atomic E-state index is 13.8. The van der Waals surface area contributed by atoms with E-state index in [4.69, 9.17) is 4.52 Å². The maximum Gasteiger partial charge on any atom is 0.290 e. The summed E-state index contributed by atoms with van der Waals surface area (Å²) in [5, 5.41) is 6.23. The van der Waals surface area contributed by atoms with Crippen molar-refractivity contribution in [3.8, 4) is 0 Å². The summed E-state index contributed by atoms with van der Waals surface area (Å²) in [5.41, 5.74) is 1.01. The van der Waals surface area contributed by atoms with E-state index < -0.39 is 27.6 Å². The van der Waals surface area contributed by atoms with Crippen molar-refractivity contribution < 1.29 is 22.1 Å². The molecule has 2 aromatic rings. The van der Waals surface area contributed by atoms with Gasteiger partial charge in [-0.25, -0.2) is 12.8 Å². The molecule has 0 saturated heterocycles. The number of nitrogens with zero attached hydrogens (tertiary/aromatic N) is 1. The summed E-state index contributed by atoms with van der Waals surface area (Å²) in [6.07, 6.45) is 0.933. The smallest absolute Gasteiger partial charge is 0.290 e. The Balaban J connectivity index is 2.18. The number of rotatable bonds is 4. The Labute approximate surface area is 127 Å². The largest absolute Gasteiger partial charge is 0.351 e. The molecule has 0 saturated carbocycles. The summed E-state index contributed by atoms with van der Waals surface area (Å²) in [4.78, 5) is 11.5. The topological polar surface area (TPSA) is 89.3 Å². The number of carbonyl (C=O) groups excluding carboxylic acids is 1. The third-order valence-electron chi connectivity index (χ3n) is 3.05. The third kappa shape index (κ3) is 3.51. The summed E-state index contributed by atoms with van der Waals surface area (Å²) in [6.45, 7) is 3.33. The monoisotopic (exact) mass is 326 g/mol. The molecule has 0 unspecified atom stereocenters. The molecule has 0 radical (unpaired) electrons. The summed E-state index contributed by atoms with van der Waals surface area (Å²) in [5.74, 6) is -1.28. The fraction of sp³-hybridized carbons (Fsp3) is 0.286. The van der Waals surface area contributed by atoms with Crippen molar-refractivity contribution in [2.24, 2.45) is 0 Å². The van der Waals surface area contributed by atoms with Crippen LogP contribution in [0.3, 0.4) is 0 Å². The van der Waals surface area contributed by atoms with E-state index in [0.29, 0.717) is 11.3 Å². The number of aromatic nitrogens is 1. The van der Waals surface area contributed by atoms with Crippen molar-refractivity contribution in [1.82, 2.24) is 10.5 Å². The van der Waals surface area contributed by atoms with Gasteiger partial charge in [0.1, 0.15) is 10.7 Å². The lowest BCUT2D eigenvalue weighted by atomic mass is 10.1. The van der Waals surface area contributed by atoms with Crippen LogP contribution in [0.1, 0.15) is 34.8 Å². The van der Waals surface area contributed by atoms with Gasteiger partial charge < -0.3 is 9.84 Å². The molecule has 118 valence electrons. The number of nitrogens with one attached hydrogen (secondary N) is 1. The molecule has 0 fully saturated rings. The van der Waals surface area contributed by atoms with Crippen LogP contribution in [0.15, 0.2) is 33.7 Å². The fourth-order valence-corrected chi connectivity index (χ4v) is 2.64. The highest BCUT2D eigenvalue weighted by molar-refractivity contribution is 7.90. The summed E-state index contributed by atoms with van der Waals surface area (Å²) < 4.78 is 41.4. The van der Waals surface area contributed by atoms with E-state index in [2.05, 4.69) is 10.5 Å². The first-order valence-electron chi connectivity index (χ1n) is 6.42. The molecule has 1 aromatic carbocycles. The van der Waals surface area contributed by atoms with Crippen LogP contribution >= 0.6 is 0 Å². The molecule has 2 rings (SSSR count). The Morgan fingerprint density at radius 1 is 1.36 bits per heavy atom. The summed E-state index contributed by atoms with van der Waals surface area (Å²) >= 11 is 0. The fourth-order valence-electron chi connectivity index (χ4n) is 1.91. The third-order valence-corrected chi connectivity index (χ3v) is 4.18. The number of carbonyl (C=O) groups is 1. The molecule has 1 atom stereocenters. The van der Waals surface area contributed by atoms with Crippen LogP contribution in [0.25, 0.3) is 0 Å². The molecular weight excluding hydrogens is 311 g/mol. The highest BCUT2D eigenvalue weighted by Gasteiger charge is 2.18. The van der Waals surface area contributed by atoms with Gasteiger partial charge in [-0.2, -0.15) is 0 Å². The van der Waals surface area contributed by atoms with Gasteiger partial charge in [-0.3, -0.25) is 4.79 Å². The highest BCUT2D eigenvalue weighted by Crippen LogP contribution is 2.20. The van der Waals surface area contributed by atoms with Crippen molar-refractivity contribution >= 4 is 15.7 Å². The Morgan fingerprint density at radius 2 is 2.05 bits per heavy atom. The zero-order valence-electron chi connectivity index (χ0n) is 12.3. The maximum atomic E-state index is 13.8. The van der Waals surface area contributed by atoms with Crippen molar-refractivity contribution in [3.05, 3.63) is 47.1 Å². The molecule has 0 spiro atoms. The molecule has 0 aliphatic heterocycles. The van der Waals surface area contributed by atoms with E-state index in [1.165, 1.54) is 18.2 Å². The van der Waals surface area contributed by atoms with Crippen molar-refractivity contribution in [1.29, 1.82) is 0 Å². The first-order valence-corrected chi connectivity index (χ1v) is 8.31. The van der Waals surface area contributed by atoms with Gasteiger partial charge in [0.15, 0.2) is 9.84 Å². The van der Waals surface area contributed by atoms with Crippen LogP contribution < -0.4 is 5.32 Å². The zero-order valence-corrected chi connectivity index (χ0v) is 13.1. The minimum atomic E-state index is -3.62. The zero-order chi connectivity index (χ0) is 16.5. The van der Waals surface area contributed by atoms with Gasteiger partial charge >= 0.3 is 0 Å². The first kappa shape index (κ1) is 16.2. The van der Waals surface area contributed by atoms with Gasteiger partial charge in [-0.05, 0) is 31.5 Å². The molecule has 1 heterocycles. The van der Waals surface area contributed by atoms with Crippen molar-refractivity contribution in [3.63, 3.8) is 0 Å². The Morgan fingerprint density at radius 3 is 2.55 bits per heavy atom. The molecule has 0 aliphatic carbocycles. The van der Waals surface area contributed by atoms with Crippen LogP contribution in [0.4, 0.5) is 4.39 Å². The van der Waals surface area contributed by atoms with Crippen LogP contribution in [0.5, 0.6) is 0 Å². The number of hydrogen-bond donors (Lipinski definition) is 1. The first-order chi connectivity index (χ1) is 10.2. The Hall–Kier alpha value is -2.22. The average Bonchev–Trinajstić information content (AvgIpc) is 2.83. The SMILES string of the molecule is Cc1cc(C(=O)N[C@@H](C)c2ccc(S(C)(=O)=O)c(F)c2)on1. The number of sulfone groups is 1. The molecule has 1 aromatic heterocycles. The van der Waals surface area contributed by atoms with Gasteiger partial charge in [-0.1, -0.05) is 11.2 Å². The van der Waals surface area contributed by atoms with Crippen molar-refractivity contribution in [2.45, 2.75) is 24.8 Å². The Bertz CT molecular complexity index is 814. The van der Waals surface area contributed by atoms with E-state index in [-0.39, 0.29) is 10.7 Å². The number of amides is 1. The predicted octanol–water partition coefficient (Wildman–Crippen LogP) is 2.02. The highest BCUT2D eigenvalue weighted by atomic mass is 32.2. The van der Waals surface area contributed by atoms with Crippen LogP contribution in [0, 0.1) is 12.7 Å². The number of aryl methyl sites for hydroxylation is 1. The molecule has 0 aliphatic rings. The molecule has 0 bridgehead atoms. The molecule has 1 N–H and O–H groups in total. The van der Waals surface area contributed by atoms with Crippen molar-refractivity contribution in [2.75, 3.05) is 6.26 Å². The normalized spacial score (nSPS) is 12.9. The van der Waals surface area contributed by atoms with E-state index in [1.54, 1.807) is 13.8 Å². The quantitative estimate of drug-likeness (QED) is 0.928. The number of hydrogen-bond acceptors (Lipinski definition) is 5. The molecule has 8 heteroatoms. The van der Waals surface area contributed by atoms with Gasteiger partial charge in [0.05, 0.1) is 11.7 Å². The number of halogens is 1. The minimum Gasteiger partial charge on any atom is -0.351 e. The lowest BCUT2D eigenvalue weighted by Gasteiger charge is -2.14. The molecule has 6 nitrogen and oxygen atoms in total. The number of benzene rings is 1. The summed E-state index contributed by atoms with van der Waals surface area (Å²) in [7, 11) is -3.62. The molecule has 22 heavy (non-hydrogen) atoms. The summed E-state index contributed by atoms with van der Waals surface area (Å²) in [6, 6.07) is 4.68. The predicted molar refractivity (Wildman–Crippen MR) is 76.6 cm³/mol. The second-order valence-corrected chi connectivity index (χ2v) is 6.97. The lowest BCUT2D eigenvalue weighted by molar-refractivity contribution is 0.0902. The van der Waals surface area contributed by atoms with E-state index in [0.717, 1.165) is 12.3 Å². The van der Waals surface area contributed by atoms with E-state index in [9.17, 15) is 17.6 Å². The second-order valence-electron chi connectivity index (χ2n) is 4.99. The van der Waals surface area contributed by atoms with Gasteiger partial charge in [0.25, 0.3) is 5.91 Å². The van der Waals surface area contributed by atoms with Gasteiger partial charge in [-0.15, -0.1) is 0 Å². The van der Waals surface area contributed by atoms with Gasteiger partial charge in [0.2, 0.25) is 5.76 Å². The van der Waals surface area contributed by atoms with Crippen LogP contribution in [-0.2, 0) is 9.84 Å². The minimum absolute atomic E-state index is 0.0533. The van der Waals surface area contributed by atoms with Crippen LogP contribution in [-0.4, -0.2) is 25.7 Å².